The van der Waals surface area contributed by atoms with Crippen molar-refractivity contribution < 1.29 is 0 Å². The number of nitrogens with zero attached hydrogens (tertiary/aromatic N) is 2. The summed E-state index contributed by atoms with van der Waals surface area (Å²) in [4.78, 5) is 2.36. The van der Waals surface area contributed by atoms with Gasteiger partial charge in [0.15, 0.2) is 0 Å². The molecule has 1 unspecified atom stereocenters. The molecule has 2 nitrogen and oxygen atoms in total. The predicted molar refractivity (Wildman–Crippen MR) is 69.5 cm³/mol. The van der Waals surface area contributed by atoms with Crippen LogP contribution in [-0.2, 0) is 0 Å². The van der Waals surface area contributed by atoms with E-state index in [2.05, 4.69) is 33.8 Å². The van der Waals surface area contributed by atoms with Crippen LogP contribution in [0.3, 0.4) is 0 Å². The highest BCUT2D eigenvalue weighted by Gasteiger charge is 2.20. The van der Waals surface area contributed by atoms with Gasteiger partial charge in [0.1, 0.15) is 6.07 Å². The molecule has 0 aromatic heterocycles. The largest absolute Gasteiger partial charge is 0.368 e. The summed E-state index contributed by atoms with van der Waals surface area (Å²) in [5.41, 5.74) is 1.85. The maximum atomic E-state index is 9.16. The van der Waals surface area contributed by atoms with E-state index in [1.807, 2.05) is 18.2 Å². The van der Waals surface area contributed by atoms with Gasteiger partial charge in [-0.05, 0) is 44.4 Å². The summed E-state index contributed by atoms with van der Waals surface area (Å²) in [7, 11) is 0. The Kier molecular flexibility index (Phi) is 3.50. The van der Waals surface area contributed by atoms with Gasteiger partial charge in [-0.25, -0.2) is 0 Å². The summed E-state index contributed by atoms with van der Waals surface area (Å²) >= 11 is 3.41. The van der Waals surface area contributed by atoms with Crippen LogP contribution in [0, 0.1) is 11.3 Å². The lowest BCUT2D eigenvalue weighted by atomic mass is 10.0. The van der Waals surface area contributed by atoms with E-state index in [1.54, 1.807) is 0 Å². The van der Waals surface area contributed by atoms with Crippen LogP contribution in [0.1, 0.15) is 31.7 Å². The fourth-order valence-electron chi connectivity index (χ4n) is 2.30. The summed E-state index contributed by atoms with van der Waals surface area (Å²) < 4.78 is 0.970. The number of halogens is 1. The van der Waals surface area contributed by atoms with Gasteiger partial charge in [-0.1, -0.05) is 15.9 Å². The molecule has 0 N–H and O–H groups in total. The van der Waals surface area contributed by atoms with Crippen LogP contribution in [0.25, 0.3) is 0 Å². The van der Waals surface area contributed by atoms with Crippen molar-refractivity contribution in [3.05, 3.63) is 28.2 Å². The first-order valence-electron chi connectivity index (χ1n) is 5.68. The first kappa shape index (κ1) is 11.5. The van der Waals surface area contributed by atoms with E-state index in [-0.39, 0.29) is 0 Å². The van der Waals surface area contributed by atoms with Gasteiger partial charge in [0, 0.05) is 17.1 Å². The van der Waals surface area contributed by atoms with Gasteiger partial charge in [0.25, 0.3) is 0 Å². The third-order valence-electron chi connectivity index (χ3n) is 3.19. The van der Waals surface area contributed by atoms with E-state index in [1.165, 1.54) is 19.3 Å². The van der Waals surface area contributed by atoms with Crippen LogP contribution < -0.4 is 4.90 Å². The number of rotatable bonds is 1. The Morgan fingerprint density at radius 1 is 1.44 bits per heavy atom. The van der Waals surface area contributed by atoms with E-state index in [0.29, 0.717) is 6.04 Å². The van der Waals surface area contributed by atoms with E-state index in [0.717, 1.165) is 22.3 Å². The molecule has 1 aromatic rings. The van der Waals surface area contributed by atoms with Crippen molar-refractivity contribution in [2.24, 2.45) is 0 Å². The fraction of sp³-hybridized carbons (Fsp3) is 0.462. The van der Waals surface area contributed by atoms with Crippen molar-refractivity contribution in [2.75, 3.05) is 11.4 Å². The van der Waals surface area contributed by atoms with Crippen LogP contribution in [0.15, 0.2) is 22.7 Å². The number of hydrogen-bond acceptors (Lipinski definition) is 2. The van der Waals surface area contributed by atoms with Crippen molar-refractivity contribution >= 4 is 21.6 Å². The van der Waals surface area contributed by atoms with Crippen LogP contribution in [0.2, 0.25) is 0 Å². The van der Waals surface area contributed by atoms with E-state index >= 15 is 0 Å². The molecule has 16 heavy (non-hydrogen) atoms. The average Bonchev–Trinajstić information content (AvgIpc) is 2.30. The van der Waals surface area contributed by atoms with Crippen LogP contribution in [0.4, 0.5) is 5.69 Å². The van der Waals surface area contributed by atoms with E-state index in [4.69, 9.17) is 5.26 Å². The van der Waals surface area contributed by atoms with Crippen molar-refractivity contribution in [1.29, 1.82) is 5.26 Å². The zero-order chi connectivity index (χ0) is 11.5. The van der Waals surface area contributed by atoms with Crippen LogP contribution in [0.5, 0.6) is 0 Å². The number of piperidine rings is 1. The molecule has 0 spiro atoms. The molecule has 0 saturated carbocycles. The molecule has 1 heterocycles. The molecule has 1 atom stereocenters. The molecule has 0 amide bonds. The molecule has 1 aliphatic heterocycles. The second kappa shape index (κ2) is 4.88. The van der Waals surface area contributed by atoms with Crippen molar-refractivity contribution in [3.8, 4) is 6.07 Å². The molecule has 1 fully saturated rings. The SMILES string of the molecule is CC1CCCCN1c1ccc(Br)cc1C#N. The molecule has 0 radical (unpaired) electrons. The summed E-state index contributed by atoms with van der Waals surface area (Å²) in [6.07, 6.45) is 3.75. The highest BCUT2D eigenvalue weighted by Crippen LogP contribution is 2.29. The second-order valence-electron chi connectivity index (χ2n) is 4.31. The van der Waals surface area contributed by atoms with Gasteiger partial charge in [-0.15, -0.1) is 0 Å². The standard InChI is InChI=1S/C13H15BrN2/c1-10-4-2-3-7-16(10)13-6-5-12(14)8-11(13)9-15/h5-6,8,10H,2-4,7H2,1H3. The van der Waals surface area contributed by atoms with Gasteiger partial charge in [0.05, 0.1) is 11.3 Å². The third kappa shape index (κ3) is 2.22. The lowest BCUT2D eigenvalue weighted by Gasteiger charge is -2.36. The van der Waals surface area contributed by atoms with Crippen molar-refractivity contribution in [2.45, 2.75) is 32.2 Å². The zero-order valence-corrected chi connectivity index (χ0v) is 11.0. The minimum Gasteiger partial charge on any atom is -0.368 e. The first-order chi connectivity index (χ1) is 7.72. The highest BCUT2D eigenvalue weighted by atomic mass is 79.9. The molecule has 0 aliphatic carbocycles. The number of nitriles is 1. The number of hydrogen-bond donors (Lipinski definition) is 0. The Labute approximate surface area is 105 Å². The normalized spacial score (nSPS) is 20.6. The van der Waals surface area contributed by atoms with Gasteiger partial charge in [0.2, 0.25) is 0 Å². The lowest BCUT2D eigenvalue weighted by Crippen LogP contribution is -2.37. The number of anilines is 1. The molecule has 3 heteroatoms. The van der Waals surface area contributed by atoms with Crippen molar-refractivity contribution in [1.82, 2.24) is 0 Å². The van der Waals surface area contributed by atoms with Gasteiger partial charge < -0.3 is 4.90 Å². The minimum absolute atomic E-state index is 0.544. The summed E-state index contributed by atoms with van der Waals surface area (Å²) in [5.74, 6) is 0. The Morgan fingerprint density at radius 2 is 2.25 bits per heavy atom. The summed E-state index contributed by atoms with van der Waals surface area (Å²) in [6.45, 7) is 3.31. The average molecular weight is 279 g/mol. The Bertz CT molecular complexity index is 422. The molecule has 2 rings (SSSR count). The first-order valence-corrected chi connectivity index (χ1v) is 6.48. The minimum atomic E-state index is 0.544. The van der Waals surface area contributed by atoms with E-state index < -0.39 is 0 Å². The Hall–Kier alpha value is -1.01. The lowest BCUT2D eigenvalue weighted by molar-refractivity contribution is 0.484. The second-order valence-corrected chi connectivity index (χ2v) is 5.23. The molecule has 84 valence electrons. The van der Waals surface area contributed by atoms with Crippen LogP contribution in [-0.4, -0.2) is 12.6 Å². The Morgan fingerprint density at radius 3 is 2.94 bits per heavy atom. The molecular formula is C13H15BrN2. The molecule has 0 bridgehead atoms. The third-order valence-corrected chi connectivity index (χ3v) is 3.68. The monoisotopic (exact) mass is 278 g/mol. The fourth-order valence-corrected chi connectivity index (χ4v) is 2.67. The summed E-state index contributed by atoms with van der Waals surface area (Å²) in [6, 6.07) is 8.78. The maximum Gasteiger partial charge on any atom is 0.101 e. The molecule has 1 aliphatic rings. The maximum absolute atomic E-state index is 9.16. The molecular weight excluding hydrogens is 264 g/mol. The predicted octanol–water partition coefficient (Wildman–Crippen LogP) is 3.70. The van der Waals surface area contributed by atoms with Crippen molar-refractivity contribution in [3.63, 3.8) is 0 Å². The Balaban J connectivity index is 2.35. The highest BCUT2D eigenvalue weighted by molar-refractivity contribution is 9.10. The van der Waals surface area contributed by atoms with Crippen LogP contribution >= 0.6 is 15.9 Å². The topological polar surface area (TPSA) is 27.0 Å². The summed E-state index contributed by atoms with van der Waals surface area (Å²) in [5, 5.41) is 9.16. The molecule has 1 aromatic carbocycles. The number of benzene rings is 1. The molecule has 1 saturated heterocycles. The van der Waals surface area contributed by atoms with Gasteiger partial charge >= 0.3 is 0 Å². The smallest absolute Gasteiger partial charge is 0.101 e. The van der Waals surface area contributed by atoms with E-state index in [9.17, 15) is 0 Å². The quantitative estimate of drug-likeness (QED) is 0.783. The van der Waals surface area contributed by atoms with Gasteiger partial charge in [-0.2, -0.15) is 5.26 Å². The van der Waals surface area contributed by atoms with Gasteiger partial charge in [-0.3, -0.25) is 0 Å². The zero-order valence-electron chi connectivity index (χ0n) is 9.41.